The number of carbonyl (C=O) groups excluding carboxylic acids is 1. The molecule has 0 amide bonds. The second kappa shape index (κ2) is 9.82. The van der Waals surface area contributed by atoms with Crippen molar-refractivity contribution < 1.29 is 14.3 Å². The molecule has 33 heavy (non-hydrogen) atoms. The maximum absolute atomic E-state index is 12.4. The lowest BCUT2D eigenvalue weighted by Gasteiger charge is -2.35. The minimum atomic E-state index is -0.282. The molecule has 4 rings (SSSR count). The highest BCUT2D eigenvalue weighted by Gasteiger charge is 2.38. The highest BCUT2D eigenvalue weighted by atomic mass is 16.5. The third-order valence-corrected chi connectivity index (χ3v) is 6.70. The summed E-state index contributed by atoms with van der Waals surface area (Å²) in [6.07, 6.45) is 4.49. The van der Waals surface area contributed by atoms with Crippen LogP contribution in [0.25, 0.3) is 0 Å². The smallest absolute Gasteiger partial charge is 0.312 e. The lowest BCUT2D eigenvalue weighted by molar-refractivity contribution is -0.137. The summed E-state index contributed by atoms with van der Waals surface area (Å²) in [5.74, 6) is 1.56. The van der Waals surface area contributed by atoms with Crippen molar-refractivity contribution in [3.05, 3.63) is 94.0 Å². The number of hydrogen-bond donors (Lipinski definition) is 0. The van der Waals surface area contributed by atoms with Crippen LogP contribution in [0.1, 0.15) is 66.5 Å². The van der Waals surface area contributed by atoms with Gasteiger partial charge in [0.15, 0.2) is 0 Å². The average molecular weight is 443 g/mol. The number of ether oxygens (including phenoxy) is 2. The Labute approximate surface area is 197 Å². The third-order valence-electron chi connectivity index (χ3n) is 6.70. The monoisotopic (exact) mass is 442 g/mol. The summed E-state index contributed by atoms with van der Waals surface area (Å²) in [5, 5.41) is 0. The molecule has 0 spiro atoms. The zero-order valence-corrected chi connectivity index (χ0v) is 20.2. The maximum atomic E-state index is 12.4. The van der Waals surface area contributed by atoms with E-state index in [0.717, 1.165) is 59.4 Å². The molecule has 1 heterocycles. The van der Waals surface area contributed by atoms with Crippen LogP contribution < -0.4 is 9.47 Å². The molecule has 0 bridgehead atoms. The first kappa shape index (κ1) is 23.1. The molecule has 0 unspecified atom stereocenters. The van der Waals surface area contributed by atoms with Crippen molar-refractivity contribution >= 4 is 5.97 Å². The molecule has 1 aliphatic heterocycles. The van der Waals surface area contributed by atoms with Crippen molar-refractivity contribution in [1.82, 2.24) is 0 Å². The highest BCUT2D eigenvalue weighted by Crippen LogP contribution is 2.48. The Kier molecular flexibility index (Phi) is 6.88. The summed E-state index contributed by atoms with van der Waals surface area (Å²) in [6.45, 7) is 8.97. The lowest BCUT2D eigenvalue weighted by Crippen LogP contribution is -2.32. The molecule has 0 atom stereocenters. The molecule has 3 nitrogen and oxygen atoms in total. The zero-order valence-electron chi connectivity index (χ0n) is 20.2. The van der Waals surface area contributed by atoms with Gasteiger partial charge >= 0.3 is 5.97 Å². The average Bonchev–Trinajstić information content (AvgIpc) is 2.79. The minimum Gasteiger partial charge on any atom is -0.488 e. The van der Waals surface area contributed by atoms with Crippen LogP contribution in [0.15, 0.2) is 60.7 Å². The van der Waals surface area contributed by atoms with Crippen LogP contribution >= 0.6 is 0 Å². The molecule has 3 heteroatoms. The molecule has 0 N–H and O–H groups in total. The van der Waals surface area contributed by atoms with Gasteiger partial charge in [0.2, 0.25) is 0 Å². The zero-order chi connectivity index (χ0) is 23.4. The Balaban J connectivity index is 1.64. The van der Waals surface area contributed by atoms with E-state index >= 15 is 0 Å². The van der Waals surface area contributed by atoms with Crippen molar-refractivity contribution in [2.24, 2.45) is 0 Å². The Morgan fingerprint density at radius 3 is 2.12 bits per heavy atom. The Hall–Kier alpha value is -3.07. The van der Waals surface area contributed by atoms with Gasteiger partial charge < -0.3 is 9.47 Å². The van der Waals surface area contributed by atoms with E-state index in [9.17, 15) is 4.79 Å². The first-order valence-corrected chi connectivity index (χ1v) is 11.9. The highest BCUT2D eigenvalue weighted by molar-refractivity contribution is 5.80. The van der Waals surface area contributed by atoms with Gasteiger partial charge in [0.1, 0.15) is 18.1 Å². The van der Waals surface area contributed by atoms with Gasteiger partial charge in [0, 0.05) is 16.5 Å². The van der Waals surface area contributed by atoms with Crippen molar-refractivity contribution in [3.8, 4) is 11.5 Å². The number of carbonyl (C=O) groups is 1. The number of rotatable bonds is 8. The summed E-state index contributed by atoms with van der Waals surface area (Å²) >= 11 is 0. The molecular weight excluding hydrogens is 408 g/mol. The molecule has 0 aromatic heterocycles. The molecule has 0 radical (unpaired) electrons. The number of unbranched alkanes of at least 4 members (excludes halogenated alkanes) is 1. The van der Waals surface area contributed by atoms with E-state index in [1.165, 1.54) is 11.1 Å². The molecule has 0 saturated heterocycles. The number of esters is 1. The van der Waals surface area contributed by atoms with Crippen LogP contribution in [0.5, 0.6) is 11.5 Å². The molecule has 0 aliphatic carbocycles. The Morgan fingerprint density at radius 1 is 0.848 bits per heavy atom. The standard InChI is InChI=1S/C30H34O3/c1-21-25(18-12-11-15-23-13-7-5-8-14-23)28(32-20-24-16-9-6-10-17-24)22(2)27-29(21)33-26(31)19-30(27,3)4/h5-10,13-14,16-17H,11-12,15,18-20H2,1-4H3. The van der Waals surface area contributed by atoms with Crippen LogP contribution in [-0.4, -0.2) is 5.97 Å². The van der Waals surface area contributed by atoms with Gasteiger partial charge in [-0.25, -0.2) is 0 Å². The van der Waals surface area contributed by atoms with E-state index in [-0.39, 0.29) is 11.4 Å². The van der Waals surface area contributed by atoms with Crippen LogP contribution in [0, 0.1) is 13.8 Å². The number of aryl methyl sites for hydroxylation is 1. The van der Waals surface area contributed by atoms with Crippen LogP contribution in [-0.2, 0) is 29.7 Å². The van der Waals surface area contributed by atoms with Crippen LogP contribution in [0.4, 0.5) is 0 Å². The van der Waals surface area contributed by atoms with Gasteiger partial charge in [-0.05, 0) is 61.8 Å². The summed E-state index contributed by atoms with van der Waals surface area (Å²) in [4.78, 5) is 12.4. The van der Waals surface area contributed by atoms with Crippen molar-refractivity contribution in [1.29, 1.82) is 0 Å². The quantitative estimate of drug-likeness (QED) is 0.213. The van der Waals surface area contributed by atoms with E-state index in [0.29, 0.717) is 13.0 Å². The molecule has 3 aromatic rings. The van der Waals surface area contributed by atoms with E-state index in [1.807, 2.05) is 18.2 Å². The van der Waals surface area contributed by atoms with E-state index in [2.05, 4.69) is 70.2 Å². The first-order valence-electron chi connectivity index (χ1n) is 11.9. The second-order valence-corrected chi connectivity index (χ2v) is 9.76. The first-order chi connectivity index (χ1) is 15.9. The molecule has 0 saturated carbocycles. The van der Waals surface area contributed by atoms with Gasteiger partial charge in [0.25, 0.3) is 0 Å². The minimum absolute atomic E-state index is 0.150. The predicted octanol–water partition coefficient (Wildman–Crippen LogP) is 7.03. The van der Waals surface area contributed by atoms with Gasteiger partial charge in [-0.3, -0.25) is 4.79 Å². The third kappa shape index (κ3) is 5.13. The molecule has 3 aromatic carbocycles. The van der Waals surface area contributed by atoms with Crippen LogP contribution in [0.3, 0.4) is 0 Å². The Morgan fingerprint density at radius 2 is 1.45 bits per heavy atom. The summed E-state index contributed by atoms with van der Waals surface area (Å²) < 4.78 is 12.3. The predicted molar refractivity (Wildman–Crippen MR) is 133 cm³/mol. The van der Waals surface area contributed by atoms with Gasteiger partial charge in [0.05, 0.1) is 6.42 Å². The van der Waals surface area contributed by atoms with Gasteiger partial charge in [-0.2, -0.15) is 0 Å². The fourth-order valence-corrected chi connectivity index (χ4v) is 5.05. The number of benzene rings is 3. The normalized spacial score (nSPS) is 14.5. The van der Waals surface area contributed by atoms with Gasteiger partial charge in [-0.1, -0.05) is 74.5 Å². The summed E-state index contributed by atoms with van der Waals surface area (Å²) in [5.41, 5.74) is 6.65. The number of fused-ring (bicyclic) bond motifs is 1. The second-order valence-electron chi connectivity index (χ2n) is 9.76. The van der Waals surface area contributed by atoms with E-state index < -0.39 is 0 Å². The molecule has 172 valence electrons. The fourth-order valence-electron chi connectivity index (χ4n) is 5.05. The summed E-state index contributed by atoms with van der Waals surface area (Å²) in [6, 6.07) is 20.9. The molecule has 1 aliphatic rings. The van der Waals surface area contributed by atoms with Crippen molar-refractivity contribution in [3.63, 3.8) is 0 Å². The van der Waals surface area contributed by atoms with Crippen molar-refractivity contribution in [2.45, 2.75) is 71.8 Å². The number of hydrogen-bond acceptors (Lipinski definition) is 3. The maximum Gasteiger partial charge on any atom is 0.312 e. The summed E-state index contributed by atoms with van der Waals surface area (Å²) in [7, 11) is 0. The van der Waals surface area contributed by atoms with Crippen molar-refractivity contribution in [2.75, 3.05) is 0 Å². The largest absolute Gasteiger partial charge is 0.488 e. The van der Waals surface area contributed by atoms with Crippen LogP contribution in [0.2, 0.25) is 0 Å². The fraction of sp³-hybridized carbons (Fsp3) is 0.367. The molecular formula is C30H34O3. The lowest BCUT2D eigenvalue weighted by atomic mass is 9.75. The Bertz CT molecular complexity index is 1110. The molecule has 0 fully saturated rings. The van der Waals surface area contributed by atoms with E-state index in [1.54, 1.807) is 0 Å². The van der Waals surface area contributed by atoms with E-state index in [4.69, 9.17) is 9.47 Å². The topological polar surface area (TPSA) is 35.5 Å². The van der Waals surface area contributed by atoms with Gasteiger partial charge in [-0.15, -0.1) is 0 Å². The SMILES string of the molecule is Cc1c(CCCCc2ccccc2)c(OCc2ccccc2)c(C)c2c1OC(=O)CC2(C)C.